The number of para-hydroxylation sites is 1. The summed E-state index contributed by atoms with van der Waals surface area (Å²) in [7, 11) is 0. The van der Waals surface area contributed by atoms with Crippen molar-refractivity contribution in [1.29, 1.82) is 0 Å². The van der Waals surface area contributed by atoms with Gasteiger partial charge in [-0.15, -0.1) is 0 Å². The highest BCUT2D eigenvalue weighted by Gasteiger charge is 2.20. The molecule has 0 atom stereocenters. The van der Waals surface area contributed by atoms with Gasteiger partial charge in [-0.1, -0.05) is 6.07 Å². The monoisotopic (exact) mass is 494 g/mol. The van der Waals surface area contributed by atoms with Crippen molar-refractivity contribution in [3.8, 4) is 28.5 Å². The largest absolute Gasteiger partial charge is 0.489 e. The lowest BCUT2D eigenvalue weighted by Crippen LogP contribution is -2.34. The van der Waals surface area contributed by atoms with E-state index in [1.165, 1.54) is 24.9 Å². The van der Waals surface area contributed by atoms with Crippen LogP contribution >= 0.6 is 0 Å². The maximum absolute atomic E-state index is 6.21. The summed E-state index contributed by atoms with van der Waals surface area (Å²) in [6.07, 6.45) is 9.59. The van der Waals surface area contributed by atoms with E-state index in [2.05, 4.69) is 48.6 Å². The van der Waals surface area contributed by atoms with Crippen LogP contribution in [0.2, 0.25) is 0 Å². The number of nitrogens with one attached hydrogen (secondary N) is 3. The molecule has 9 heteroatoms. The van der Waals surface area contributed by atoms with Gasteiger partial charge in [-0.05, 0) is 75.5 Å². The Labute approximate surface area is 214 Å². The Morgan fingerprint density at radius 3 is 2.68 bits per heavy atom. The highest BCUT2D eigenvalue weighted by Crippen LogP contribution is 2.32. The number of aromatic amines is 2. The number of hydrogen-bond donors (Lipinski definition) is 3. The van der Waals surface area contributed by atoms with E-state index in [0.717, 1.165) is 83.9 Å². The molecule has 5 aromatic rings. The van der Waals surface area contributed by atoms with Crippen molar-refractivity contribution in [2.24, 2.45) is 0 Å². The van der Waals surface area contributed by atoms with Crippen LogP contribution in [-0.4, -0.2) is 62.4 Å². The van der Waals surface area contributed by atoms with Crippen LogP contribution in [0.4, 0.5) is 5.69 Å². The second-order valence-corrected chi connectivity index (χ2v) is 9.95. The summed E-state index contributed by atoms with van der Waals surface area (Å²) in [6.45, 7) is 4.12. The minimum Gasteiger partial charge on any atom is -0.489 e. The summed E-state index contributed by atoms with van der Waals surface area (Å²) in [5.74, 6) is 1.50. The Balaban J connectivity index is 1.23. The van der Waals surface area contributed by atoms with Crippen molar-refractivity contribution < 1.29 is 4.74 Å². The first-order valence-electron chi connectivity index (χ1n) is 13.2. The van der Waals surface area contributed by atoms with Gasteiger partial charge in [0.15, 0.2) is 11.5 Å². The van der Waals surface area contributed by atoms with Gasteiger partial charge >= 0.3 is 0 Å². The predicted molar refractivity (Wildman–Crippen MR) is 145 cm³/mol. The Bertz CT molecular complexity index is 1540. The number of ether oxygens (including phenoxy) is 1. The fraction of sp³-hybridized carbons (Fsp3) is 0.357. The Morgan fingerprint density at radius 2 is 1.78 bits per heavy atom. The Kier molecular flexibility index (Phi) is 5.70. The third-order valence-electron chi connectivity index (χ3n) is 7.42. The van der Waals surface area contributed by atoms with Crippen LogP contribution in [0.1, 0.15) is 32.1 Å². The first kappa shape index (κ1) is 22.2. The molecule has 2 aliphatic heterocycles. The normalized spacial score (nSPS) is 17.0. The zero-order valence-electron chi connectivity index (χ0n) is 20.7. The molecule has 2 aliphatic rings. The molecule has 37 heavy (non-hydrogen) atoms. The summed E-state index contributed by atoms with van der Waals surface area (Å²) < 4.78 is 6.21. The van der Waals surface area contributed by atoms with E-state index in [1.54, 1.807) is 6.20 Å². The fourth-order valence-corrected chi connectivity index (χ4v) is 5.47. The van der Waals surface area contributed by atoms with Gasteiger partial charge in [0.25, 0.3) is 0 Å². The lowest BCUT2D eigenvalue weighted by molar-refractivity contribution is 0.162. The number of piperidine rings is 2. The topological polar surface area (TPSA) is 108 Å². The number of aromatic nitrogens is 6. The number of fused-ring (bicyclic) bond motifs is 2. The standard InChI is InChI=1S/C28H30N8O/c1-2-13-36(14-3-1)24-6-4-5-22-25(24)33-28(32-22)27-26-23(34-35-27)8-7-21(31-26)18-15-20(17-30-16-18)37-19-9-11-29-12-10-19/h4-8,15-17,19,29H,1-3,9-14H2,(H,32,33)(H,34,35). The van der Waals surface area contributed by atoms with Crippen molar-refractivity contribution in [3.63, 3.8) is 0 Å². The van der Waals surface area contributed by atoms with Gasteiger partial charge in [-0.3, -0.25) is 10.1 Å². The molecule has 1 aromatic carbocycles. The lowest BCUT2D eigenvalue weighted by atomic mass is 10.1. The van der Waals surface area contributed by atoms with Crippen molar-refractivity contribution >= 4 is 27.8 Å². The van der Waals surface area contributed by atoms with Gasteiger partial charge in [-0.2, -0.15) is 5.10 Å². The van der Waals surface area contributed by atoms with E-state index < -0.39 is 0 Å². The minimum atomic E-state index is 0.220. The molecular formula is C28H30N8O. The summed E-state index contributed by atoms with van der Waals surface area (Å²) in [5.41, 5.74) is 7.28. The van der Waals surface area contributed by atoms with Crippen molar-refractivity contribution in [2.45, 2.75) is 38.2 Å². The average molecular weight is 495 g/mol. The Morgan fingerprint density at radius 1 is 0.892 bits per heavy atom. The van der Waals surface area contributed by atoms with Gasteiger partial charge in [0.1, 0.15) is 22.9 Å². The summed E-state index contributed by atoms with van der Waals surface area (Å²) in [5, 5.41) is 11.1. The second-order valence-electron chi connectivity index (χ2n) is 9.95. The van der Waals surface area contributed by atoms with Crippen LogP contribution in [0.5, 0.6) is 5.75 Å². The van der Waals surface area contributed by atoms with E-state index in [1.807, 2.05) is 24.4 Å². The van der Waals surface area contributed by atoms with Gasteiger partial charge < -0.3 is 19.9 Å². The first-order chi connectivity index (χ1) is 18.3. The van der Waals surface area contributed by atoms with Gasteiger partial charge in [0.2, 0.25) is 0 Å². The number of anilines is 1. The maximum atomic E-state index is 6.21. The Hall–Kier alpha value is -3.98. The molecule has 2 saturated heterocycles. The summed E-state index contributed by atoms with van der Waals surface area (Å²) in [6, 6.07) is 12.4. The van der Waals surface area contributed by atoms with Gasteiger partial charge in [0, 0.05) is 24.8 Å². The summed E-state index contributed by atoms with van der Waals surface area (Å²) >= 11 is 0. The molecule has 0 aliphatic carbocycles. The smallest absolute Gasteiger partial charge is 0.161 e. The lowest BCUT2D eigenvalue weighted by Gasteiger charge is -2.28. The molecule has 0 unspecified atom stereocenters. The number of nitrogens with zero attached hydrogens (tertiary/aromatic N) is 5. The van der Waals surface area contributed by atoms with E-state index in [4.69, 9.17) is 14.7 Å². The number of pyridine rings is 2. The van der Waals surface area contributed by atoms with Crippen LogP contribution in [0.3, 0.4) is 0 Å². The van der Waals surface area contributed by atoms with E-state index in [9.17, 15) is 0 Å². The molecule has 188 valence electrons. The third kappa shape index (κ3) is 4.29. The highest BCUT2D eigenvalue weighted by atomic mass is 16.5. The van der Waals surface area contributed by atoms with E-state index in [-0.39, 0.29) is 6.10 Å². The molecule has 2 fully saturated rings. The zero-order valence-corrected chi connectivity index (χ0v) is 20.7. The average Bonchev–Trinajstić information content (AvgIpc) is 3.58. The third-order valence-corrected chi connectivity index (χ3v) is 7.42. The highest BCUT2D eigenvalue weighted by molar-refractivity contribution is 5.95. The molecule has 3 N–H and O–H groups in total. The second kappa shape index (κ2) is 9.48. The van der Waals surface area contributed by atoms with Crippen LogP contribution in [0.15, 0.2) is 48.8 Å². The molecule has 4 aromatic heterocycles. The van der Waals surface area contributed by atoms with Crippen LogP contribution in [0.25, 0.3) is 44.8 Å². The van der Waals surface area contributed by atoms with Crippen molar-refractivity contribution in [2.75, 3.05) is 31.1 Å². The number of H-pyrrole nitrogens is 2. The zero-order chi connectivity index (χ0) is 24.6. The van der Waals surface area contributed by atoms with E-state index in [0.29, 0.717) is 5.69 Å². The van der Waals surface area contributed by atoms with Crippen LogP contribution in [0, 0.1) is 0 Å². The van der Waals surface area contributed by atoms with Crippen LogP contribution in [-0.2, 0) is 0 Å². The number of imidazole rings is 1. The predicted octanol–water partition coefficient (Wildman–Crippen LogP) is 4.68. The molecule has 9 nitrogen and oxygen atoms in total. The van der Waals surface area contributed by atoms with Gasteiger partial charge in [-0.25, -0.2) is 9.97 Å². The molecule has 0 bridgehead atoms. The molecule has 6 heterocycles. The van der Waals surface area contributed by atoms with Crippen LogP contribution < -0.4 is 15.0 Å². The number of rotatable bonds is 5. The molecule has 7 rings (SSSR count). The number of hydrogen-bond acceptors (Lipinski definition) is 7. The van der Waals surface area contributed by atoms with Crippen molar-refractivity contribution in [3.05, 3.63) is 48.8 Å². The minimum absolute atomic E-state index is 0.220. The first-order valence-corrected chi connectivity index (χ1v) is 13.2. The quantitative estimate of drug-likeness (QED) is 0.325. The maximum Gasteiger partial charge on any atom is 0.161 e. The molecule has 0 saturated carbocycles. The summed E-state index contributed by atoms with van der Waals surface area (Å²) in [4.78, 5) is 20.3. The molecular weight excluding hydrogens is 464 g/mol. The number of benzene rings is 1. The SMILES string of the molecule is c1cc(N2CCCCC2)c2nc(-c3n[nH]c4ccc(-c5cncc(OC6CCNCC6)c5)nc34)[nH]c2c1. The molecule has 0 radical (unpaired) electrons. The fourth-order valence-electron chi connectivity index (χ4n) is 5.47. The molecule has 0 amide bonds. The van der Waals surface area contributed by atoms with Gasteiger partial charge in [0.05, 0.1) is 28.6 Å². The molecule has 0 spiro atoms. The van der Waals surface area contributed by atoms with E-state index >= 15 is 0 Å². The van der Waals surface area contributed by atoms with Crippen molar-refractivity contribution in [1.82, 2.24) is 35.5 Å².